The van der Waals surface area contributed by atoms with Crippen LogP contribution in [0.5, 0.6) is 5.75 Å². The average Bonchev–Trinajstić information content (AvgIpc) is 3.72. The number of hydrogen-bond donors (Lipinski definition) is 0. The zero-order valence-electron chi connectivity index (χ0n) is 22.7. The Morgan fingerprint density at radius 3 is 2.68 bits per heavy atom. The van der Waals surface area contributed by atoms with E-state index in [-0.39, 0.29) is 23.5 Å². The maximum Gasteiger partial charge on any atom is 0.227 e. The fourth-order valence-electron chi connectivity index (χ4n) is 5.82. The van der Waals surface area contributed by atoms with Gasteiger partial charge in [-0.3, -0.25) is 4.79 Å². The monoisotopic (exact) mass is 502 g/mol. The fraction of sp³-hybridized carbons (Fsp3) is 0.567. The number of nitrogens with zero attached hydrogens (tertiary/aromatic N) is 4. The van der Waals surface area contributed by atoms with Crippen molar-refractivity contribution in [2.24, 2.45) is 5.92 Å². The van der Waals surface area contributed by atoms with E-state index < -0.39 is 0 Å². The molecule has 7 heteroatoms. The maximum atomic E-state index is 13.5. The van der Waals surface area contributed by atoms with E-state index in [0.29, 0.717) is 50.6 Å². The van der Waals surface area contributed by atoms with Crippen molar-refractivity contribution in [3.05, 3.63) is 52.2 Å². The number of amides is 1. The van der Waals surface area contributed by atoms with Gasteiger partial charge in [0.15, 0.2) is 0 Å². The van der Waals surface area contributed by atoms with Gasteiger partial charge >= 0.3 is 0 Å². The summed E-state index contributed by atoms with van der Waals surface area (Å²) >= 11 is 0. The number of nitriles is 1. The number of pyridine rings is 1. The number of rotatable bonds is 6. The number of fused-ring (bicyclic) bond motifs is 1. The van der Waals surface area contributed by atoms with Gasteiger partial charge in [-0.1, -0.05) is 32.0 Å². The Bertz CT molecular complexity index is 1230. The van der Waals surface area contributed by atoms with Crippen molar-refractivity contribution in [3.8, 4) is 11.8 Å². The van der Waals surface area contributed by atoms with Crippen molar-refractivity contribution < 1.29 is 14.3 Å². The lowest BCUT2D eigenvalue weighted by molar-refractivity contribution is -0.134. The third-order valence-electron chi connectivity index (χ3n) is 8.05. The molecule has 0 radical (unpaired) electrons. The van der Waals surface area contributed by atoms with E-state index in [1.165, 1.54) is 0 Å². The predicted octanol–water partition coefficient (Wildman–Crippen LogP) is 4.61. The first-order valence-corrected chi connectivity index (χ1v) is 13.5. The van der Waals surface area contributed by atoms with Gasteiger partial charge < -0.3 is 19.3 Å². The molecular weight excluding hydrogens is 464 g/mol. The first-order valence-electron chi connectivity index (χ1n) is 13.5. The van der Waals surface area contributed by atoms with E-state index >= 15 is 0 Å². The van der Waals surface area contributed by atoms with E-state index in [1.807, 2.05) is 29.2 Å². The molecule has 1 aromatic heterocycles. The number of hydrogen-bond acceptors (Lipinski definition) is 6. The van der Waals surface area contributed by atoms with Crippen molar-refractivity contribution in [2.45, 2.75) is 77.5 Å². The summed E-state index contributed by atoms with van der Waals surface area (Å²) in [5.41, 5.74) is 4.65. The lowest BCUT2D eigenvalue weighted by Crippen LogP contribution is -2.58. The molecule has 3 aliphatic rings. The summed E-state index contributed by atoms with van der Waals surface area (Å²) in [6.45, 7) is 11.0. The van der Waals surface area contributed by atoms with Crippen LogP contribution in [-0.4, -0.2) is 54.2 Å². The molecule has 1 aromatic carbocycles. The topological polar surface area (TPSA) is 78.7 Å². The van der Waals surface area contributed by atoms with Crippen LogP contribution < -0.4 is 9.64 Å². The van der Waals surface area contributed by atoms with E-state index in [9.17, 15) is 10.1 Å². The van der Waals surface area contributed by atoms with Gasteiger partial charge in [-0.05, 0) is 44.2 Å². The zero-order valence-corrected chi connectivity index (χ0v) is 22.7. The van der Waals surface area contributed by atoms with Crippen molar-refractivity contribution in [1.82, 2.24) is 9.88 Å². The third kappa shape index (κ3) is 5.04. The third-order valence-corrected chi connectivity index (χ3v) is 8.05. The molecule has 1 aliphatic carbocycles. The molecule has 1 saturated heterocycles. The number of ether oxygens (including phenoxy) is 2. The predicted molar refractivity (Wildman–Crippen MR) is 143 cm³/mol. The summed E-state index contributed by atoms with van der Waals surface area (Å²) in [5, 5.41) is 10.3. The molecule has 1 saturated carbocycles. The fourth-order valence-corrected chi connectivity index (χ4v) is 5.82. The van der Waals surface area contributed by atoms with Crippen LogP contribution in [-0.2, 0) is 29.0 Å². The molecule has 5 rings (SSSR count). The summed E-state index contributed by atoms with van der Waals surface area (Å²) in [7, 11) is 1.64. The highest BCUT2D eigenvalue weighted by Gasteiger charge is 2.39. The molecule has 2 fully saturated rings. The van der Waals surface area contributed by atoms with Crippen LogP contribution in [0.15, 0.2) is 24.3 Å². The number of methoxy groups -OCH3 is 1. The number of carbonyl (C=O) groups excluding carboxylic acids is 1. The summed E-state index contributed by atoms with van der Waals surface area (Å²) in [5.74, 6) is 2.38. The number of piperazine rings is 1. The van der Waals surface area contributed by atoms with E-state index in [0.717, 1.165) is 46.8 Å². The number of aromatic nitrogens is 1. The Morgan fingerprint density at radius 1 is 1.24 bits per heavy atom. The minimum atomic E-state index is -0.303. The lowest BCUT2D eigenvalue weighted by atomic mass is 9.87. The highest BCUT2D eigenvalue weighted by Crippen LogP contribution is 2.46. The van der Waals surface area contributed by atoms with Gasteiger partial charge in [0.25, 0.3) is 0 Å². The maximum absolute atomic E-state index is 13.5. The normalized spacial score (nSPS) is 20.9. The standard InChI is InChI=1S/C30H38N4O3/c1-19(2)25-17-33(12-13-34(25)27(35)14-21-8-6-7-9-26(21)36-5)29-23(16-31)22-15-30(3,4)37-18-24(22)28(32-29)20-10-11-20/h6-9,19-20,25H,10-15,17-18H2,1-5H3. The molecule has 2 aromatic rings. The molecule has 1 unspecified atom stereocenters. The van der Waals surface area contributed by atoms with Gasteiger partial charge in [-0.15, -0.1) is 0 Å². The highest BCUT2D eigenvalue weighted by molar-refractivity contribution is 5.80. The second-order valence-electron chi connectivity index (χ2n) is 11.6. The largest absolute Gasteiger partial charge is 0.496 e. The Balaban J connectivity index is 1.44. The Kier molecular flexibility index (Phi) is 6.89. The van der Waals surface area contributed by atoms with Crippen molar-refractivity contribution in [1.29, 1.82) is 5.26 Å². The van der Waals surface area contributed by atoms with Gasteiger partial charge in [0.1, 0.15) is 17.6 Å². The quantitative estimate of drug-likeness (QED) is 0.574. The van der Waals surface area contributed by atoms with Gasteiger partial charge in [-0.25, -0.2) is 4.98 Å². The SMILES string of the molecule is COc1ccccc1CC(=O)N1CCN(c2nc(C3CC3)c3c(c2C#N)CC(C)(C)OC3)CC1C(C)C. The average molecular weight is 503 g/mol. The number of benzene rings is 1. The first kappa shape index (κ1) is 25.5. The smallest absolute Gasteiger partial charge is 0.227 e. The van der Waals surface area contributed by atoms with Gasteiger partial charge in [0.05, 0.1) is 43.0 Å². The van der Waals surface area contributed by atoms with Crippen LogP contribution in [0.25, 0.3) is 0 Å². The molecule has 3 heterocycles. The van der Waals surface area contributed by atoms with Crippen molar-refractivity contribution >= 4 is 11.7 Å². The summed E-state index contributed by atoms with van der Waals surface area (Å²) in [6.07, 6.45) is 3.32. The van der Waals surface area contributed by atoms with E-state index in [1.54, 1.807) is 7.11 Å². The van der Waals surface area contributed by atoms with Crippen LogP contribution in [0.1, 0.15) is 74.4 Å². The van der Waals surface area contributed by atoms with E-state index in [2.05, 4.69) is 38.7 Å². The lowest BCUT2D eigenvalue weighted by Gasteiger charge is -2.44. The summed E-state index contributed by atoms with van der Waals surface area (Å²) < 4.78 is 11.6. The van der Waals surface area contributed by atoms with Crippen LogP contribution in [0.3, 0.4) is 0 Å². The van der Waals surface area contributed by atoms with Gasteiger partial charge in [-0.2, -0.15) is 5.26 Å². The van der Waals surface area contributed by atoms with Gasteiger partial charge in [0, 0.05) is 43.1 Å². The molecule has 0 N–H and O–H groups in total. The number of para-hydroxylation sites is 1. The number of anilines is 1. The highest BCUT2D eigenvalue weighted by atomic mass is 16.5. The first-order chi connectivity index (χ1) is 17.7. The van der Waals surface area contributed by atoms with Crippen molar-refractivity contribution in [3.63, 3.8) is 0 Å². The molecule has 196 valence electrons. The summed E-state index contributed by atoms with van der Waals surface area (Å²) in [6, 6.07) is 10.3. The Labute approximate surface area is 220 Å². The van der Waals surface area contributed by atoms with Crippen LogP contribution in [0, 0.1) is 17.2 Å². The molecule has 0 bridgehead atoms. The molecule has 37 heavy (non-hydrogen) atoms. The van der Waals surface area contributed by atoms with Gasteiger partial charge in [0.2, 0.25) is 5.91 Å². The molecule has 1 atom stereocenters. The summed E-state index contributed by atoms with van der Waals surface area (Å²) in [4.78, 5) is 22.9. The van der Waals surface area contributed by atoms with Crippen LogP contribution in [0.2, 0.25) is 0 Å². The molecule has 7 nitrogen and oxygen atoms in total. The number of carbonyl (C=O) groups is 1. The molecular formula is C30H38N4O3. The second kappa shape index (κ2) is 9.98. The van der Waals surface area contributed by atoms with Crippen molar-refractivity contribution in [2.75, 3.05) is 31.6 Å². The second-order valence-corrected chi connectivity index (χ2v) is 11.6. The minimum absolute atomic E-state index is 0.0319. The van der Waals surface area contributed by atoms with Crippen LogP contribution in [0.4, 0.5) is 5.82 Å². The molecule has 2 aliphatic heterocycles. The molecule has 1 amide bonds. The minimum Gasteiger partial charge on any atom is -0.496 e. The Hall–Kier alpha value is -3.11. The zero-order chi connectivity index (χ0) is 26.3. The van der Waals surface area contributed by atoms with E-state index in [4.69, 9.17) is 14.5 Å². The Morgan fingerprint density at radius 2 is 2.00 bits per heavy atom. The van der Waals surface area contributed by atoms with Crippen LogP contribution >= 0.6 is 0 Å². The molecule has 0 spiro atoms.